The van der Waals surface area contributed by atoms with Gasteiger partial charge in [-0.2, -0.15) is 0 Å². The summed E-state index contributed by atoms with van der Waals surface area (Å²) in [6.45, 7) is 0. The first-order valence-corrected chi connectivity index (χ1v) is 10.3. The first kappa shape index (κ1) is 18.7. The summed E-state index contributed by atoms with van der Waals surface area (Å²) in [5, 5.41) is 3.92. The summed E-state index contributed by atoms with van der Waals surface area (Å²) in [6.07, 6.45) is 4.10. The van der Waals surface area contributed by atoms with Crippen molar-refractivity contribution in [2.45, 2.75) is 36.9 Å². The quantitative estimate of drug-likeness (QED) is 0.513. The van der Waals surface area contributed by atoms with Crippen LogP contribution in [0.4, 0.5) is 10.1 Å². The van der Waals surface area contributed by atoms with Gasteiger partial charge in [-0.15, -0.1) is 0 Å². The van der Waals surface area contributed by atoms with Gasteiger partial charge in [0.25, 0.3) is 5.56 Å². The molecule has 0 bridgehead atoms. The molecule has 1 aromatic heterocycles. The van der Waals surface area contributed by atoms with Gasteiger partial charge in [-0.25, -0.2) is 9.37 Å². The summed E-state index contributed by atoms with van der Waals surface area (Å²) < 4.78 is 14.8. The van der Waals surface area contributed by atoms with E-state index in [1.165, 1.54) is 36.0 Å². The number of hydrogen-bond acceptors (Lipinski definition) is 4. The molecule has 7 heteroatoms. The van der Waals surface area contributed by atoms with Crippen molar-refractivity contribution in [3.05, 3.63) is 64.7 Å². The Bertz CT molecular complexity index is 1060. The van der Waals surface area contributed by atoms with Gasteiger partial charge in [0.2, 0.25) is 5.91 Å². The number of rotatable bonds is 5. The van der Waals surface area contributed by atoms with Crippen LogP contribution in [0.15, 0.2) is 58.5 Å². The third kappa shape index (κ3) is 3.94. The first-order chi connectivity index (χ1) is 13.6. The van der Waals surface area contributed by atoms with Crippen LogP contribution < -0.4 is 10.9 Å². The van der Waals surface area contributed by atoms with Gasteiger partial charge in [-0.1, -0.05) is 36.7 Å². The fraction of sp³-hybridized carbons (Fsp3) is 0.286. The highest BCUT2D eigenvalue weighted by atomic mass is 32.2. The number of nitrogens with zero attached hydrogens (tertiary/aromatic N) is 2. The van der Waals surface area contributed by atoms with Gasteiger partial charge in [0, 0.05) is 11.7 Å². The van der Waals surface area contributed by atoms with Crippen molar-refractivity contribution in [3.63, 3.8) is 0 Å². The molecular weight excluding hydrogens is 377 g/mol. The van der Waals surface area contributed by atoms with Crippen LogP contribution in [-0.2, 0) is 4.79 Å². The highest BCUT2D eigenvalue weighted by Gasteiger charge is 2.23. The Balaban J connectivity index is 1.58. The van der Waals surface area contributed by atoms with Crippen molar-refractivity contribution in [2.24, 2.45) is 0 Å². The summed E-state index contributed by atoms with van der Waals surface area (Å²) >= 11 is 1.26. The number of nitrogens with one attached hydrogen (secondary N) is 1. The minimum absolute atomic E-state index is 0.0426. The second-order valence-corrected chi connectivity index (χ2v) is 7.81. The largest absolute Gasteiger partial charge is 0.325 e. The van der Waals surface area contributed by atoms with Crippen LogP contribution in [0.3, 0.4) is 0 Å². The number of fused-ring (bicyclic) bond motifs is 1. The molecule has 28 heavy (non-hydrogen) atoms. The van der Waals surface area contributed by atoms with E-state index in [2.05, 4.69) is 10.3 Å². The van der Waals surface area contributed by atoms with Crippen LogP contribution in [0.2, 0.25) is 0 Å². The van der Waals surface area contributed by atoms with Crippen LogP contribution in [0.5, 0.6) is 0 Å². The van der Waals surface area contributed by atoms with Gasteiger partial charge in [-0.05, 0) is 49.2 Å². The number of para-hydroxylation sites is 1. The molecular formula is C21H20FN3O2S. The molecule has 5 nitrogen and oxygen atoms in total. The summed E-state index contributed by atoms with van der Waals surface area (Å²) in [4.78, 5) is 30.1. The molecule has 1 heterocycles. The van der Waals surface area contributed by atoms with Gasteiger partial charge in [0.15, 0.2) is 5.16 Å². The van der Waals surface area contributed by atoms with E-state index in [0.29, 0.717) is 21.7 Å². The van der Waals surface area contributed by atoms with Gasteiger partial charge in [0.05, 0.1) is 16.7 Å². The number of hydrogen-bond donors (Lipinski definition) is 1. The topological polar surface area (TPSA) is 64.0 Å². The maximum Gasteiger partial charge on any atom is 0.262 e. The maximum absolute atomic E-state index is 13.1. The molecule has 0 atom stereocenters. The Morgan fingerprint density at radius 3 is 2.61 bits per heavy atom. The number of carbonyl (C=O) groups is 1. The van der Waals surface area contributed by atoms with Crippen molar-refractivity contribution in [1.82, 2.24) is 9.55 Å². The normalized spacial score (nSPS) is 14.5. The fourth-order valence-electron chi connectivity index (χ4n) is 3.57. The summed E-state index contributed by atoms with van der Waals surface area (Å²) in [5.74, 6) is -0.459. The molecule has 144 valence electrons. The molecule has 1 aliphatic rings. The molecule has 1 saturated carbocycles. The van der Waals surface area contributed by atoms with E-state index in [9.17, 15) is 14.0 Å². The SMILES string of the molecule is O=C(CSc1nc2ccccc2c(=O)n1C1CCCC1)Nc1ccc(F)cc1. The lowest BCUT2D eigenvalue weighted by atomic mass is 10.2. The second-order valence-electron chi connectivity index (χ2n) is 6.87. The summed E-state index contributed by atoms with van der Waals surface area (Å²) in [6, 6.07) is 13.1. The van der Waals surface area contributed by atoms with E-state index < -0.39 is 0 Å². The molecule has 1 N–H and O–H groups in total. The Labute approximate surface area is 166 Å². The van der Waals surface area contributed by atoms with Crippen LogP contribution in [0, 0.1) is 5.82 Å². The van der Waals surface area contributed by atoms with Crippen molar-refractivity contribution in [1.29, 1.82) is 0 Å². The third-order valence-electron chi connectivity index (χ3n) is 4.93. The highest BCUT2D eigenvalue weighted by Crippen LogP contribution is 2.32. The molecule has 3 aromatic rings. The minimum atomic E-state index is -0.353. The Morgan fingerprint density at radius 1 is 1.14 bits per heavy atom. The number of carbonyl (C=O) groups excluding carboxylic acids is 1. The van der Waals surface area contributed by atoms with E-state index >= 15 is 0 Å². The van der Waals surface area contributed by atoms with Crippen LogP contribution >= 0.6 is 11.8 Å². The van der Waals surface area contributed by atoms with Crippen molar-refractivity contribution in [3.8, 4) is 0 Å². The number of thioether (sulfide) groups is 1. The van der Waals surface area contributed by atoms with E-state index in [1.807, 2.05) is 18.2 Å². The van der Waals surface area contributed by atoms with Gasteiger partial charge in [0.1, 0.15) is 5.82 Å². The zero-order valence-electron chi connectivity index (χ0n) is 15.2. The number of halogens is 1. The highest BCUT2D eigenvalue weighted by molar-refractivity contribution is 7.99. The number of amides is 1. The Kier molecular flexibility index (Phi) is 5.43. The molecule has 0 aliphatic heterocycles. The zero-order valence-corrected chi connectivity index (χ0v) is 16.0. The first-order valence-electron chi connectivity index (χ1n) is 9.31. The number of anilines is 1. The van der Waals surface area contributed by atoms with Crippen LogP contribution in [0.1, 0.15) is 31.7 Å². The Hall–Kier alpha value is -2.67. The van der Waals surface area contributed by atoms with Crippen molar-refractivity contribution < 1.29 is 9.18 Å². The van der Waals surface area contributed by atoms with Gasteiger partial charge < -0.3 is 5.32 Å². The average molecular weight is 397 g/mol. The monoisotopic (exact) mass is 397 g/mol. The average Bonchev–Trinajstić information content (AvgIpc) is 3.22. The molecule has 4 rings (SSSR count). The predicted octanol–water partition coefficient (Wildman–Crippen LogP) is 4.38. The minimum Gasteiger partial charge on any atom is -0.325 e. The summed E-state index contributed by atoms with van der Waals surface area (Å²) in [5.41, 5.74) is 1.13. The smallest absolute Gasteiger partial charge is 0.262 e. The van der Waals surface area contributed by atoms with E-state index in [-0.39, 0.29) is 29.1 Å². The molecule has 1 aliphatic carbocycles. The van der Waals surface area contributed by atoms with Gasteiger partial charge in [-0.3, -0.25) is 14.2 Å². The lowest BCUT2D eigenvalue weighted by Crippen LogP contribution is -2.27. The van der Waals surface area contributed by atoms with Crippen LogP contribution in [0.25, 0.3) is 10.9 Å². The molecule has 1 fully saturated rings. The van der Waals surface area contributed by atoms with Crippen molar-refractivity contribution in [2.75, 3.05) is 11.1 Å². The number of benzene rings is 2. The molecule has 1 amide bonds. The van der Waals surface area contributed by atoms with E-state index in [0.717, 1.165) is 25.7 Å². The lowest BCUT2D eigenvalue weighted by Gasteiger charge is -2.18. The standard InChI is InChI=1S/C21H20FN3O2S/c22-14-9-11-15(12-10-14)23-19(26)13-28-21-24-18-8-4-3-7-17(18)20(27)25(21)16-5-1-2-6-16/h3-4,7-12,16H,1-2,5-6,13H2,(H,23,26). The van der Waals surface area contributed by atoms with Crippen molar-refractivity contribution >= 4 is 34.3 Å². The van der Waals surface area contributed by atoms with Gasteiger partial charge >= 0.3 is 0 Å². The molecule has 0 radical (unpaired) electrons. The maximum atomic E-state index is 13.1. The molecule has 0 spiro atoms. The zero-order chi connectivity index (χ0) is 19.5. The second kappa shape index (κ2) is 8.14. The fourth-order valence-corrected chi connectivity index (χ4v) is 4.44. The third-order valence-corrected chi connectivity index (χ3v) is 5.88. The summed E-state index contributed by atoms with van der Waals surface area (Å²) in [7, 11) is 0. The Morgan fingerprint density at radius 2 is 1.86 bits per heavy atom. The number of aromatic nitrogens is 2. The molecule has 2 aromatic carbocycles. The molecule has 0 saturated heterocycles. The molecule has 0 unspecified atom stereocenters. The predicted molar refractivity (Wildman–Crippen MR) is 109 cm³/mol. The van der Waals surface area contributed by atoms with Crippen LogP contribution in [-0.4, -0.2) is 21.2 Å². The van der Waals surface area contributed by atoms with E-state index in [4.69, 9.17) is 0 Å². The van der Waals surface area contributed by atoms with E-state index in [1.54, 1.807) is 10.6 Å². The lowest BCUT2D eigenvalue weighted by molar-refractivity contribution is -0.113.